The Bertz CT molecular complexity index is 1100. The largest absolute Gasteiger partial charge is 0.490 e. The molecular weight excluding hydrogens is 432 g/mol. The third kappa shape index (κ3) is 5.77. The zero-order valence-corrected chi connectivity index (χ0v) is 20.6. The summed E-state index contributed by atoms with van der Waals surface area (Å²) in [6.45, 7) is 8.61. The van der Waals surface area contributed by atoms with Gasteiger partial charge in [0, 0.05) is 23.7 Å². The van der Waals surface area contributed by atoms with E-state index in [1.54, 1.807) is 0 Å². The molecule has 4 rings (SSSR count). The average molecular weight is 465 g/mol. The number of aliphatic hydroxyl groups excluding tert-OH is 1. The van der Waals surface area contributed by atoms with Gasteiger partial charge in [0.15, 0.2) is 0 Å². The van der Waals surface area contributed by atoms with Crippen molar-refractivity contribution >= 4 is 11.3 Å². The number of hydrogen-bond donors (Lipinski definition) is 2. The minimum atomic E-state index is 0.00559. The highest BCUT2D eigenvalue weighted by Gasteiger charge is 2.23. The highest BCUT2D eigenvalue weighted by molar-refractivity contribution is 7.17. The van der Waals surface area contributed by atoms with Crippen molar-refractivity contribution < 1.29 is 9.84 Å². The first-order chi connectivity index (χ1) is 16.1. The van der Waals surface area contributed by atoms with Crippen LogP contribution in [0.3, 0.4) is 0 Å². The highest BCUT2D eigenvalue weighted by atomic mass is 32.1. The number of benzene rings is 2. The van der Waals surface area contributed by atoms with Crippen LogP contribution in [-0.4, -0.2) is 34.6 Å². The number of nitrogens with zero attached hydrogens (tertiary/aromatic N) is 3. The van der Waals surface area contributed by atoms with E-state index in [0.29, 0.717) is 17.9 Å². The third-order valence-corrected chi connectivity index (χ3v) is 6.38. The van der Waals surface area contributed by atoms with Crippen LogP contribution in [0.5, 0.6) is 5.75 Å². The summed E-state index contributed by atoms with van der Waals surface area (Å²) in [6.07, 6.45) is 3.18. The molecule has 6 nitrogen and oxygen atoms in total. The number of fused-ring (bicyclic) bond motifs is 1. The fraction of sp³-hybridized carbons (Fsp3) is 0.423. The molecule has 0 aliphatic heterocycles. The van der Waals surface area contributed by atoms with Crippen molar-refractivity contribution in [1.82, 2.24) is 15.5 Å². The fourth-order valence-corrected chi connectivity index (χ4v) is 4.95. The number of aromatic nitrogens is 2. The monoisotopic (exact) mass is 464 g/mol. The molecule has 1 aliphatic rings. The van der Waals surface area contributed by atoms with Crippen molar-refractivity contribution in [3.8, 4) is 33.0 Å². The smallest absolute Gasteiger partial charge is 0.148 e. The molecule has 1 heterocycles. The van der Waals surface area contributed by atoms with E-state index in [2.05, 4.69) is 39.8 Å². The Morgan fingerprint density at radius 1 is 1.21 bits per heavy atom. The number of rotatable bonds is 7. The van der Waals surface area contributed by atoms with E-state index in [-0.39, 0.29) is 18.8 Å². The normalized spacial score (nSPS) is 14.8. The van der Waals surface area contributed by atoms with Gasteiger partial charge in [-0.25, -0.2) is 0 Å². The Morgan fingerprint density at radius 2 is 2.00 bits per heavy atom. The summed E-state index contributed by atoms with van der Waals surface area (Å²) in [4.78, 5) is 0. The molecule has 0 fully saturated rings. The predicted octanol–water partition coefficient (Wildman–Crippen LogP) is 5.52. The molecule has 2 N–H and O–H groups in total. The summed E-state index contributed by atoms with van der Waals surface area (Å²) >= 11 is 1.54. The zero-order chi connectivity index (χ0) is 23.8. The van der Waals surface area contributed by atoms with E-state index in [1.807, 2.05) is 45.9 Å². The maximum Gasteiger partial charge on any atom is 0.148 e. The van der Waals surface area contributed by atoms with Crippen molar-refractivity contribution in [2.75, 3.05) is 13.2 Å². The lowest BCUT2D eigenvalue weighted by Gasteiger charge is -2.27. The minimum Gasteiger partial charge on any atom is -0.490 e. The predicted molar refractivity (Wildman–Crippen MR) is 133 cm³/mol. The van der Waals surface area contributed by atoms with Crippen LogP contribution in [0.4, 0.5) is 0 Å². The van der Waals surface area contributed by atoms with Gasteiger partial charge in [-0.2, -0.15) is 5.26 Å². The molecule has 2 aromatic carbocycles. The van der Waals surface area contributed by atoms with Crippen LogP contribution in [0.15, 0.2) is 36.4 Å². The number of nitrogens with one attached hydrogen (secondary N) is 1. The SMILES string of the molecule is CC.CC(C)Oc1ccc(-c2nnc(-c3cccc4c3CCCC4NCCO)s2)cc1C#N. The Kier molecular flexibility index (Phi) is 8.95. The molecule has 0 spiro atoms. The van der Waals surface area contributed by atoms with E-state index in [4.69, 9.17) is 4.74 Å². The Balaban J connectivity index is 0.00000149. The maximum atomic E-state index is 9.52. The molecule has 0 saturated carbocycles. The van der Waals surface area contributed by atoms with Crippen LogP contribution >= 0.6 is 11.3 Å². The zero-order valence-electron chi connectivity index (χ0n) is 19.8. The van der Waals surface area contributed by atoms with Gasteiger partial charge in [-0.1, -0.05) is 43.4 Å². The summed E-state index contributed by atoms with van der Waals surface area (Å²) < 4.78 is 5.73. The van der Waals surface area contributed by atoms with E-state index in [0.717, 1.165) is 40.4 Å². The van der Waals surface area contributed by atoms with Gasteiger partial charge in [-0.05, 0) is 62.4 Å². The topological polar surface area (TPSA) is 91.1 Å². The average Bonchev–Trinajstić information content (AvgIpc) is 3.33. The molecule has 0 saturated heterocycles. The van der Waals surface area contributed by atoms with Crippen LogP contribution in [-0.2, 0) is 6.42 Å². The molecule has 3 aromatic rings. The summed E-state index contributed by atoms with van der Waals surface area (Å²) in [5.41, 5.74) is 5.08. The lowest BCUT2D eigenvalue weighted by Crippen LogP contribution is -2.27. The van der Waals surface area contributed by atoms with Crippen LogP contribution in [0.2, 0.25) is 0 Å². The second-order valence-electron chi connectivity index (χ2n) is 7.90. The Morgan fingerprint density at radius 3 is 2.73 bits per heavy atom. The molecule has 174 valence electrons. The third-order valence-electron chi connectivity index (χ3n) is 5.37. The van der Waals surface area contributed by atoms with Crippen molar-refractivity contribution in [1.29, 1.82) is 5.26 Å². The quantitative estimate of drug-likeness (QED) is 0.479. The lowest BCUT2D eigenvalue weighted by molar-refractivity contribution is 0.242. The van der Waals surface area contributed by atoms with E-state index in [9.17, 15) is 10.4 Å². The Hall–Kier alpha value is -2.79. The molecule has 1 aromatic heterocycles. The molecule has 1 atom stereocenters. The molecule has 0 radical (unpaired) electrons. The van der Waals surface area contributed by atoms with Gasteiger partial charge in [-0.15, -0.1) is 10.2 Å². The molecular formula is C26H32N4O2S. The molecule has 0 bridgehead atoms. The number of ether oxygens (including phenoxy) is 1. The number of hydrogen-bond acceptors (Lipinski definition) is 7. The van der Waals surface area contributed by atoms with Crippen molar-refractivity contribution in [2.24, 2.45) is 0 Å². The maximum absolute atomic E-state index is 9.52. The van der Waals surface area contributed by atoms with Gasteiger partial charge in [-0.3, -0.25) is 0 Å². The first kappa shape index (κ1) is 24.8. The fourth-order valence-electron chi connectivity index (χ4n) is 4.06. The van der Waals surface area contributed by atoms with Crippen molar-refractivity contribution in [2.45, 2.75) is 59.1 Å². The van der Waals surface area contributed by atoms with Crippen LogP contribution in [0, 0.1) is 11.3 Å². The van der Waals surface area contributed by atoms with Gasteiger partial charge in [0.25, 0.3) is 0 Å². The summed E-state index contributed by atoms with van der Waals surface area (Å²) in [5.74, 6) is 0.588. The molecule has 1 aliphatic carbocycles. The number of aliphatic hydroxyl groups is 1. The first-order valence-corrected chi connectivity index (χ1v) is 12.4. The minimum absolute atomic E-state index is 0.00559. The summed E-state index contributed by atoms with van der Waals surface area (Å²) in [5, 5.41) is 32.7. The van der Waals surface area contributed by atoms with Gasteiger partial charge >= 0.3 is 0 Å². The molecule has 1 unspecified atom stereocenters. The highest BCUT2D eigenvalue weighted by Crippen LogP contribution is 2.39. The van der Waals surface area contributed by atoms with E-state index in [1.165, 1.54) is 22.5 Å². The van der Waals surface area contributed by atoms with Gasteiger partial charge < -0.3 is 15.2 Å². The van der Waals surface area contributed by atoms with Crippen molar-refractivity contribution in [3.63, 3.8) is 0 Å². The molecule has 0 amide bonds. The second-order valence-corrected chi connectivity index (χ2v) is 8.88. The van der Waals surface area contributed by atoms with E-state index >= 15 is 0 Å². The van der Waals surface area contributed by atoms with Crippen molar-refractivity contribution in [3.05, 3.63) is 53.1 Å². The van der Waals surface area contributed by atoms with Crippen LogP contribution in [0.1, 0.15) is 63.3 Å². The van der Waals surface area contributed by atoms with Gasteiger partial charge in [0.1, 0.15) is 21.8 Å². The number of nitriles is 1. The molecule has 33 heavy (non-hydrogen) atoms. The summed E-state index contributed by atoms with van der Waals surface area (Å²) in [7, 11) is 0. The first-order valence-electron chi connectivity index (χ1n) is 11.6. The van der Waals surface area contributed by atoms with Crippen LogP contribution < -0.4 is 10.1 Å². The van der Waals surface area contributed by atoms with Gasteiger partial charge in [0.05, 0.1) is 18.3 Å². The molecule has 7 heteroatoms. The van der Waals surface area contributed by atoms with Crippen LogP contribution in [0.25, 0.3) is 21.1 Å². The standard InChI is InChI=1S/C24H26N4O2S.C2H6/c1-15(2)30-22-10-9-16(13-17(22)14-25)23-27-28-24(31-23)20-7-3-6-19-18(20)5-4-8-21(19)26-11-12-29;1-2/h3,6-7,9-10,13,15,21,26,29H,4-5,8,11-12H2,1-2H3;1-2H3. The van der Waals surface area contributed by atoms with E-state index < -0.39 is 0 Å². The second kappa shape index (κ2) is 11.9. The summed E-state index contributed by atoms with van der Waals surface area (Å²) in [6, 6.07) is 14.4. The lowest BCUT2D eigenvalue weighted by atomic mass is 9.85. The Labute approximate surface area is 200 Å². The van der Waals surface area contributed by atoms with Gasteiger partial charge in [0.2, 0.25) is 0 Å².